The van der Waals surface area contributed by atoms with Gasteiger partial charge in [0.05, 0.1) is 6.10 Å². The first-order chi connectivity index (χ1) is 10.3. The van der Waals surface area contributed by atoms with E-state index in [-0.39, 0.29) is 6.10 Å². The van der Waals surface area contributed by atoms with Crippen molar-refractivity contribution in [2.45, 2.75) is 31.8 Å². The molecule has 0 amide bonds. The van der Waals surface area contributed by atoms with Crippen LogP contribution in [-0.2, 0) is 4.74 Å². The van der Waals surface area contributed by atoms with Crippen LogP contribution in [0.15, 0.2) is 35.3 Å². The quantitative estimate of drug-likeness (QED) is 0.646. The SMILES string of the molecule is NC(=NCC1CCC1)NC[C@@H]1CCO[C@H]1c1ccccc1. The van der Waals surface area contributed by atoms with Gasteiger partial charge in [-0.25, -0.2) is 0 Å². The highest BCUT2D eigenvalue weighted by Gasteiger charge is 2.29. The van der Waals surface area contributed by atoms with Crippen LogP contribution < -0.4 is 11.1 Å². The Morgan fingerprint density at radius 2 is 2.05 bits per heavy atom. The predicted octanol–water partition coefficient (Wildman–Crippen LogP) is 2.47. The molecule has 0 aromatic heterocycles. The summed E-state index contributed by atoms with van der Waals surface area (Å²) < 4.78 is 5.89. The van der Waals surface area contributed by atoms with E-state index in [1.54, 1.807) is 0 Å². The fourth-order valence-electron chi connectivity index (χ4n) is 3.05. The standard InChI is InChI=1S/C17H25N3O/c18-17(19-11-13-5-4-6-13)20-12-15-9-10-21-16(15)14-7-2-1-3-8-14/h1-3,7-8,13,15-16H,4-6,9-12H2,(H3,18,19,20)/t15-,16-/m0/s1. The molecule has 1 aromatic carbocycles. The fourth-order valence-corrected chi connectivity index (χ4v) is 3.05. The van der Waals surface area contributed by atoms with E-state index in [4.69, 9.17) is 10.5 Å². The summed E-state index contributed by atoms with van der Waals surface area (Å²) in [5.74, 6) is 1.81. The molecule has 1 aromatic rings. The minimum absolute atomic E-state index is 0.179. The number of guanidine groups is 1. The van der Waals surface area contributed by atoms with E-state index in [0.29, 0.717) is 11.9 Å². The molecule has 2 atom stereocenters. The Morgan fingerprint density at radius 1 is 1.24 bits per heavy atom. The van der Waals surface area contributed by atoms with Crippen LogP contribution in [0.25, 0.3) is 0 Å². The van der Waals surface area contributed by atoms with Crippen molar-refractivity contribution in [3.05, 3.63) is 35.9 Å². The minimum Gasteiger partial charge on any atom is -0.373 e. The highest BCUT2D eigenvalue weighted by Crippen LogP contribution is 2.33. The van der Waals surface area contributed by atoms with Gasteiger partial charge in [-0.05, 0) is 30.7 Å². The maximum Gasteiger partial charge on any atom is 0.188 e. The first-order valence-corrected chi connectivity index (χ1v) is 8.03. The first kappa shape index (κ1) is 14.4. The summed E-state index contributed by atoms with van der Waals surface area (Å²) in [6.07, 6.45) is 5.22. The summed E-state index contributed by atoms with van der Waals surface area (Å²) in [6, 6.07) is 10.4. The van der Waals surface area contributed by atoms with Gasteiger partial charge in [0, 0.05) is 25.6 Å². The topological polar surface area (TPSA) is 59.6 Å². The number of nitrogens with two attached hydrogens (primary N) is 1. The Bertz CT molecular complexity index is 470. The number of hydrogen-bond donors (Lipinski definition) is 2. The Labute approximate surface area is 126 Å². The molecule has 1 saturated heterocycles. The number of ether oxygens (including phenoxy) is 1. The zero-order chi connectivity index (χ0) is 14.5. The van der Waals surface area contributed by atoms with Crippen LogP contribution in [0.1, 0.15) is 37.4 Å². The second-order valence-electron chi connectivity index (χ2n) is 6.15. The Morgan fingerprint density at radius 3 is 2.76 bits per heavy atom. The number of rotatable bonds is 5. The minimum atomic E-state index is 0.179. The molecule has 1 heterocycles. The van der Waals surface area contributed by atoms with Gasteiger partial charge >= 0.3 is 0 Å². The number of nitrogens with zero attached hydrogens (tertiary/aromatic N) is 1. The van der Waals surface area contributed by atoms with Crippen molar-refractivity contribution < 1.29 is 4.74 Å². The summed E-state index contributed by atoms with van der Waals surface area (Å²) in [5.41, 5.74) is 7.22. The van der Waals surface area contributed by atoms with Gasteiger partial charge in [-0.1, -0.05) is 36.8 Å². The molecular formula is C17H25N3O. The van der Waals surface area contributed by atoms with E-state index in [0.717, 1.165) is 32.0 Å². The number of hydrogen-bond acceptors (Lipinski definition) is 2. The van der Waals surface area contributed by atoms with Crippen molar-refractivity contribution in [1.29, 1.82) is 0 Å². The average Bonchev–Trinajstić information content (AvgIpc) is 2.93. The number of nitrogens with one attached hydrogen (secondary N) is 1. The van der Waals surface area contributed by atoms with E-state index in [2.05, 4.69) is 34.6 Å². The van der Waals surface area contributed by atoms with E-state index in [9.17, 15) is 0 Å². The van der Waals surface area contributed by atoms with Crippen molar-refractivity contribution in [2.24, 2.45) is 22.6 Å². The molecule has 2 fully saturated rings. The summed E-state index contributed by atoms with van der Waals surface area (Å²) >= 11 is 0. The smallest absolute Gasteiger partial charge is 0.188 e. The second kappa shape index (κ2) is 6.94. The van der Waals surface area contributed by atoms with Crippen LogP contribution in [0, 0.1) is 11.8 Å². The van der Waals surface area contributed by atoms with Crippen LogP contribution >= 0.6 is 0 Å². The van der Waals surface area contributed by atoms with Gasteiger partial charge < -0.3 is 15.8 Å². The van der Waals surface area contributed by atoms with Crippen molar-refractivity contribution >= 4 is 5.96 Å². The summed E-state index contributed by atoms with van der Waals surface area (Å²) in [7, 11) is 0. The molecule has 114 valence electrons. The molecular weight excluding hydrogens is 262 g/mol. The normalized spacial score (nSPS) is 26.6. The van der Waals surface area contributed by atoms with Gasteiger partial charge in [0.1, 0.15) is 0 Å². The molecule has 0 radical (unpaired) electrons. The van der Waals surface area contributed by atoms with Crippen LogP contribution in [0.4, 0.5) is 0 Å². The molecule has 3 N–H and O–H groups in total. The first-order valence-electron chi connectivity index (χ1n) is 8.03. The molecule has 1 saturated carbocycles. The van der Waals surface area contributed by atoms with Crippen LogP contribution in [0.5, 0.6) is 0 Å². The van der Waals surface area contributed by atoms with E-state index < -0.39 is 0 Å². The third kappa shape index (κ3) is 3.76. The molecule has 0 bridgehead atoms. The zero-order valence-electron chi connectivity index (χ0n) is 12.5. The molecule has 0 unspecified atom stereocenters. The van der Waals surface area contributed by atoms with Gasteiger partial charge in [-0.3, -0.25) is 4.99 Å². The monoisotopic (exact) mass is 287 g/mol. The Balaban J connectivity index is 1.49. The van der Waals surface area contributed by atoms with Gasteiger partial charge in [0.2, 0.25) is 0 Å². The van der Waals surface area contributed by atoms with Crippen LogP contribution in [0.3, 0.4) is 0 Å². The molecule has 4 heteroatoms. The lowest BCUT2D eigenvalue weighted by atomic mass is 9.86. The summed E-state index contributed by atoms with van der Waals surface area (Å²) in [6.45, 7) is 2.53. The van der Waals surface area contributed by atoms with E-state index in [1.165, 1.54) is 24.8 Å². The molecule has 4 nitrogen and oxygen atoms in total. The largest absolute Gasteiger partial charge is 0.373 e. The number of benzene rings is 1. The van der Waals surface area contributed by atoms with Gasteiger partial charge in [0.25, 0.3) is 0 Å². The van der Waals surface area contributed by atoms with Crippen molar-refractivity contribution in [3.8, 4) is 0 Å². The second-order valence-corrected chi connectivity index (χ2v) is 6.15. The summed E-state index contributed by atoms with van der Waals surface area (Å²) in [4.78, 5) is 4.45. The third-order valence-electron chi connectivity index (χ3n) is 4.63. The van der Waals surface area contributed by atoms with Gasteiger partial charge in [0.15, 0.2) is 5.96 Å². The van der Waals surface area contributed by atoms with E-state index >= 15 is 0 Å². The lowest BCUT2D eigenvalue weighted by molar-refractivity contribution is 0.0915. The van der Waals surface area contributed by atoms with E-state index in [1.807, 2.05) is 6.07 Å². The predicted molar refractivity (Wildman–Crippen MR) is 85.1 cm³/mol. The Kier molecular flexibility index (Phi) is 4.76. The molecule has 1 aliphatic carbocycles. The molecule has 1 aliphatic heterocycles. The van der Waals surface area contributed by atoms with Crippen molar-refractivity contribution in [2.75, 3.05) is 19.7 Å². The fraction of sp³-hybridized carbons (Fsp3) is 0.588. The maximum absolute atomic E-state index is 5.96. The maximum atomic E-state index is 5.96. The van der Waals surface area contributed by atoms with Crippen LogP contribution in [0.2, 0.25) is 0 Å². The molecule has 3 rings (SSSR count). The Hall–Kier alpha value is -1.55. The zero-order valence-corrected chi connectivity index (χ0v) is 12.5. The number of aliphatic imine (C=N–C) groups is 1. The molecule has 0 spiro atoms. The highest BCUT2D eigenvalue weighted by atomic mass is 16.5. The van der Waals surface area contributed by atoms with Gasteiger partial charge in [-0.2, -0.15) is 0 Å². The third-order valence-corrected chi connectivity index (χ3v) is 4.63. The molecule has 21 heavy (non-hydrogen) atoms. The summed E-state index contributed by atoms with van der Waals surface area (Å²) in [5, 5.41) is 3.28. The highest BCUT2D eigenvalue weighted by molar-refractivity contribution is 5.77. The van der Waals surface area contributed by atoms with Crippen molar-refractivity contribution in [3.63, 3.8) is 0 Å². The van der Waals surface area contributed by atoms with Gasteiger partial charge in [-0.15, -0.1) is 0 Å². The van der Waals surface area contributed by atoms with Crippen molar-refractivity contribution in [1.82, 2.24) is 5.32 Å². The lowest BCUT2D eigenvalue weighted by Crippen LogP contribution is -2.36. The molecule has 2 aliphatic rings. The van der Waals surface area contributed by atoms with Crippen LogP contribution in [-0.4, -0.2) is 25.7 Å². The lowest BCUT2D eigenvalue weighted by Gasteiger charge is -2.23. The average molecular weight is 287 g/mol.